The fourth-order valence-corrected chi connectivity index (χ4v) is 1.89. The molecule has 0 aromatic heterocycles. The average Bonchev–Trinajstić information content (AvgIpc) is 2.72. The van der Waals surface area contributed by atoms with Crippen LogP contribution in [0.1, 0.15) is 31.5 Å². The number of hydrogen-bond donors (Lipinski definition) is 1. The first-order valence-corrected chi connectivity index (χ1v) is 8.37. The van der Waals surface area contributed by atoms with E-state index in [1.54, 1.807) is 0 Å². The van der Waals surface area contributed by atoms with Gasteiger partial charge >= 0.3 is 0 Å². The smallest absolute Gasteiger partial charge is 0.187 e. The molecule has 3 aromatic carbocycles. The fraction of sp³-hybridized carbons (Fsp3) is 0.179. The minimum atomic E-state index is -0.303. The molecule has 3 rings (SSSR count). The summed E-state index contributed by atoms with van der Waals surface area (Å²) in [6, 6.07) is 20.8. The number of benzene rings is 3. The summed E-state index contributed by atoms with van der Waals surface area (Å²) in [7, 11) is 0. The minimum Gasteiger partial charge on any atom is -0.358 e. The standard InChI is InChI=1S/C8H7N.C8H10O2.C7H4FN.2CH4.3CH3.ClH.3Y/c1-7-3-5-8(9-2)6-4-7;1-7-2-4-8(5-3-7)6-10-9;1-9-7-4-2-6(8)3-5-7;;;;;;;;;/h3-6H,1H3;2-5,9H,6H2,1H3;2-5H;2*1H4;3*1H3;1H;;;/q;;;;;3*-1;;;;. The van der Waals surface area contributed by atoms with Crippen LogP contribution in [0.5, 0.6) is 0 Å². The normalized spacial score (nSPS) is 6.76. The fourth-order valence-electron chi connectivity index (χ4n) is 1.89. The molecule has 0 saturated heterocycles. The second-order valence-electron chi connectivity index (χ2n) is 5.79. The van der Waals surface area contributed by atoms with Gasteiger partial charge in [-0.3, -0.25) is 5.26 Å². The summed E-state index contributed by atoms with van der Waals surface area (Å²) in [5, 5.41) is 8.09. The van der Waals surface area contributed by atoms with E-state index in [4.69, 9.17) is 18.4 Å². The molecule has 0 fully saturated rings. The van der Waals surface area contributed by atoms with Crippen molar-refractivity contribution in [2.75, 3.05) is 0 Å². The summed E-state index contributed by atoms with van der Waals surface area (Å²) in [5.41, 5.74) is 4.56. The monoisotopic (exact) mass is 756 g/mol. The van der Waals surface area contributed by atoms with Crippen LogP contribution in [0, 0.1) is 55.1 Å². The Hall–Kier alpha value is 0.0917. The maximum atomic E-state index is 12.1. The SMILES string of the molecule is C.C.Cc1ccc(COO)cc1.Cl.[C-]#[N+]c1ccc(C)cc1.[C-]#[N+]c1ccc(F)cc1.[CH3-].[CH3-].[CH3-].[Y].[Y].[Y]. The third-order valence-corrected chi connectivity index (χ3v) is 3.47. The Labute approximate surface area is 308 Å². The van der Waals surface area contributed by atoms with E-state index >= 15 is 0 Å². The van der Waals surface area contributed by atoms with Gasteiger partial charge in [0.05, 0.1) is 13.1 Å². The summed E-state index contributed by atoms with van der Waals surface area (Å²) < 4.78 is 12.1. The molecule has 0 aliphatic carbocycles. The molecule has 0 saturated carbocycles. The van der Waals surface area contributed by atoms with Gasteiger partial charge in [0.2, 0.25) is 0 Å². The summed E-state index contributed by atoms with van der Waals surface area (Å²) in [5.74, 6) is -0.303. The van der Waals surface area contributed by atoms with Gasteiger partial charge in [0, 0.05) is 98.1 Å². The molecular formula is C28H39ClFN2O2Y3-3. The van der Waals surface area contributed by atoms with Gasteiger partial charge in [0.1, 0.15) is 12.4 Å². The zero-order chi connectivity index (χ0) is 20.8. The quantitative estimate of drug-likeness (QED) is 0.161. The Balaban J connectivity index is -0.0000000405. The second-order valence-corrected chi connectivity index (χ2v) is 5.79. The first kappa shape index (κ1) is 61.2. The Kier molecular flexibility index (Phi) is 63.3. The molecule has 1 N–H and O–H groups in total. The maximum absolute atomic E-state index is 12.1. The maximum Gasteiger partial charge on any atom is 0.187 e. The van der Waals surface area contributed by atoms with Gasteiger partial charge in [-0.1, -0.05) is 86.6 Å². The van der Waals surface area contributed by atoms with Crippen LogP contribution in [0.3, 0.4) is 0 Å². The molecule has 4 nitrogen and oxygen atoms in total. The number of hydrogen-bond acceptors (Lipinski definition) is 2. The Bertz CT molecular complexity index is 875. The second kappa shape index (κ2) is 38.2. The van der Waals surface area contributed by atoms with Crippen LogP contribution < -0.4 is 0 Å². The van der Waals surface area contributed by atoms with Crippen molar-refractivity contribution in [2.45, 2.75) is 35.3 Å². The number of aryl methyl sites for hydroxylation is 2. The predicted molar refractivity (Wildman–Crippen MR) is 149 cm³/mol. The Morgan fingerprint density at radius 1 is 0.676 bits per heavy atom. The van der Waals surface area contributed by atoms with Crippen LogP contribution >= 0.6 is 12.4 Å². The van der Waals surface area contributed by atoms with Crippen molar-refractivity contribution in [1.82, 2.24) is 0 Å². The largest absolute Gasteiger partial charge is 0.358 e. The molecule has 3 aromatic rings. The van der Waals surface area contributed by atoms with Gasteiger partial charge < -0.3 is 22.3 Å². The van der Waals surface area contributed by atoms with E-state index in [2.05, 4.69) is 14.6 Å². The molecule has 0 spiro atoms. The third kappa shape index (κ3) is 30.5. The molecule has 0 bridgehead atoms. The zero-order valence-corrected chi connectivity index (χ0v) is 30.2. The van der Waals surface area contributed by atoms with E-state index in [0.717, 1.165) is 5.56 Å². The molecule has 199 valence electrons. The number of nitrogens with zero attached hydrogens (tertiary/aromatic N) is 2. The van der Waals surface area contributed by atoms with Crippen molar-refractivity contribution in [2.24, 2.45) is 0 Å². The van der Waals surface area contributed by atoms with Crippen molar-refractivity contribution in [3.63, 3.8) is 0 Å². The minimum absolute atomic E-state index is 0. The molecule has 0 atom stereocenters. The summed E-state index contributed by atoms with van der Waals surface area (Å²) >= 11 is 0. The molecule has 9 heteroatoms. The molecule has 0 heterocycles. The predicted octanol–water partition coefficient (Wildman–Crippen LogP) is 9.94. The van der Waals surface area contributed by atoms with Gasteiger partial charge in [0.25, 0.3) is 0 Å². The zero-order valence-electron chi connectivity index (χ0n) is 20.9. The van der Waals surface area contributed by atoms with Crippen LogP contribution in [0.15, 0.2) is 72.8 Å². The van der Waals surface area contributed by atoms with Gasteiger partial charge in [-0.15, -0.1) is 12.4 Å². The van der Waals surface area contributed by atoms with E-state index in [9.17, 15) is 4.39 Å². The summed E-state index contributed by atoms with van der Waals surface area (Å²) in [6.07, 6.45) is 0. The van der Waals surface area contributed by atoms with E-state index < -0.39 is 0 Å². The number of rotatable bonds is 2. The van der Waals surface area contributed by atoms with Crippen LogP contribution in [0.2, 0.25) is 0 Å². The molecule has 0 aliphatic rings. The van der Waals surface area contributed by atoms with Gasteiger partial charge in [-0.25, -0.2) is 19.0 Å². The topological polar surface area (TPSA) is 38.2 Å². The number of halogens is 2. The third-order valence-electron chi connectivity index (χ3n) is 3.47. The molecule has 37 heavy (non-hydrogen) atoms. The van der Waals surface area contributed by atoms with Crippen LogP contribution in [0.25, 0.3) is 9.69 Å². The first-order chi connectivity index (χ1) is 13.5. The Morgan fingerprint density at radius 2 is 0.973 bits per heavy atom. The van der Waals surface area contributed by atoms with Crippen LogP contribution in [-0.2, 0) is 110 Å². The van der Waals surface area contributed by atoms with Crippen molar-refractivity contribution >= 4 is 23.8 Å². The van der Waals surface area contributed by atoms with Gasteiger partial charge in [-0.2, -0.15) is 0 Å². The van der Waals surface area contributed by atoms with Gasteiger partial charge in [-0.05, 0) is 31.5 Å². The van der Waals surface area contributed by atoms with Crippen molar-refractivity contribution in [3.8, 4) is 0 Å². The molecule has 3 radical (unpaired) electrons. The van der Waals surface area contributed by atoms with Crippen molar-refractivity contribution in [3.05, 3.63) is 140 Å². The first-order valence-electron chi connectivity index (χ1n) is 8.37. The molecule has 0 amide bonds. The average molecular weight is 757 g/mol. The van der Waals surface area contributed by atoms with Crippen LogP contribution in [-0.4, -0.2) is 5.26 Å². The van der Waals surface area contributed by atoms with Crippen LogP contribution in [0.4, 0.5) is 15.8 Å². The van der Waals surface area contributed by atoms with Gasteiger partial charge in [0.15, 0.2) is 11.4 Å². The molecule has 0 unspecified atom stereocenters. The Morgan fingerprint density at radius 3 is 1.27 bits per heavy atom. The molecule has 0 aliphatic heterocycles. The van der Waals surface area contributed by atoms with E-state index in [-0.39, 0.29) is 160 Å². The summed E-state index contributed by atoms with van der Waals surface area (Å²) in [4.78, 5) is 10.3. The van der Waals surface area contributed by atoms with E-state index in [1.165, 1.54) is 35.4 Å². The van der Waals surface area contributed by atoms with E-state index in [1.807, 2.05) is 62.4 Å². The van der Waals surface area contributed by atoms with Crippen molar-refractivity contribution < 1.29 is 113 Å². The molecular weight excluding hydrogens is 717 g/mol. The summed E-state index contributed by atoms with van der Waals surface area (Å²) in [6.45, 7) is 17.4. The van der Waals surface area contributed by atoms with E-state index in [0.29, 0.717) is 11.4 Å². The van der Waals surface area contributed by atoms with Crippen molar-refractivity contribution in [1.29, 1.82) is 0 Å².